The van der Waals surface area contributed by atoms with E-state index in [1.54, 1.807) is 31.2 Å². The van der Waals surface area contributed by atoms with E-state index < -0.39 is 5.97 Å². The molecule has 0 aliphatic carbocycles. The summed E-state index contributed by atoms with van der Waals surface area (Å²) in [5.74, 6) is -0.745. The van der Waals surface area contributed by atoms with Crippen molar-refractivity contribution in [2.75, 3.05) is 0 Å². The van der Waals surface area contributed by atoms with E-state index in [1.165, 1.54) is 0 Å². The van der Waals surface area contributed by atoms with Gasteiger partial charge in [-0.15, -0.1) is 0 Å². The minimum Gasteiger partial charge on any atom is -0.481 e. The van der Waals surface area contributed by atoms with Crippen LogP contribution in [0.4, 0.5) is 0 Å². The quantitative estimate of drug-likeness (QED) is 0.603. The largest absolute Gasteiger partial charge is 0.481 e. The predicted octanol–water partition coefficient (Wildman–Crippen LogP) is 1.63. The molecule has 0 atom stereocenters. The summed E-state index contributed by atoms with van der Waals surface area (Å²) in [6.45, 7) is 1.71. The summed E-state index contributed by atoms with van der Waals surface area (Å²) < 4.78 is 4.94. The molecule has 15 heavy (non-hydrogen) atoms. The Hall–Kier alpha value is -1.84. The maximum atomic E-state index is 10.9. The summed E-state index contributed by atoms with van der Waals surface area (Å²) in [6, 6.07) is 6.44. The van der Waals surface area contributed by atoms with Crippen molar-refractivity contribution in [3.63, 3.8) is 0 Å². The van der Waals surface area contributed by atoms with E-state index in [1.807, 2.05) is 0 Å². The van der Waals surface area contributed by atoms with Crippen LogP contribution in [0.25, 0.3) is 0 Å². The molecule has 4 nitrogen and oxygen atoms in total. The van der Waals surface area contributed by atoms with E-state index in [2.05, 4.69) is 0 Å². The maximum Gasteiger partial charge on any atom is 0.310 e. The highest BCUT2D eigenvalue weighted by atomic mass is 16.5. The van der Waals surface area contributed by atoms with E-state index >= 15 is 0 Å². The number of carbonyl (C=O) groups is 2. The topological polar surface area (TPSA) is 63.6 Å². The van der Waals surface area contributed by atoms with Crippen LogP contribution in [-0.4, -0.2) is 17.0 Å². The van der Waals surface area contributed by atoms with Crippen LogP contribution >= 0.6 is 0 Å². The molecule has 0 radical (unpaired) electrons. The molecular weight excluding hydrogens is 196 g/mol. The van der Waals surface area contributed by atoms with Crippen LogP contribution in [0.5, 0.6) is 5.75 Å². The standard InChI is InChI=1S/C11H12O4/c1-2-11(14)15-9-5-3-8(4-6-9)7-10(12)13/h3-6H,2,7H2,1H3,(H,12,13). The van der Waals surface area contributed by atoms with Gasteiger partial charge in [-0.2, -0.15) is 0 Å². The van der Waals surface area contributed by atoms with Crippen molar-refractivity contribution in [1.29, 1.82) is 0 Å². The second kappa shape index (κ2) is 5.14. The molecule has 0 saturated heterocycles. The van der Waals surface area contributed by atoms with Gasteiger partial charge in [-0.25, -0.2) is 0 Å². The maximum absolute atomic E-state index is 10.9. The van der Waals surface area contributed by atoms with E-state index in [0.717, 1.165) is 0 Å². The Morgan fingerprint density at radius 3 is 2.33 bits per heavy atom. The van der Waals surface area contributed by atoms with Crippen LogP contribution in [0.1, 0.15) is 18.9 Å². The van der Waals surface area contributed by atoms with Gasteiger partial charge in [-0.3, -0.25) is 9.59 Å². The lowest BCUT2D eigenvalue weighted by molar-refractivity contribution is -0.136. The van der Waals surface area contributed by atoms with Crippen molar-refractivity contribution < 1.29 is 19.4 Å². The highest BCUT2D eigenvalue weighted by Crippen LogP contribution is 2.13. The molecule has 0 aliphatic heterocycles. The number of ether oxygens (including phenoxy) is 1. The van der Waals surface area contributed by atoms with Gasteiger partial charge in [0.1, 0.15) is 5.75 Å². The minimum absolute atomic E-state index is 0.0258. The molecule has 0 aliphatic rings. The first-order valence-corrected chi connectivity index (χ1v) is 4.63. The molecule has 0 bridgehead atoms. The number of carboxylic acids is 1. The van der Waals surface area contributed by atoms with Crippen LogP contribution < -0.4 is 4.74 Å². The number of carbonyl (C=O) groups excluding carboxylic acids is 1. The van der Waals surface area contributed by atoms with Crippen molar-refractivity contribution >= 4 is 11.9 Å². The third-order valence-corrected chi connectivity index (χ3v) is 1.80. The van der Waals surface area contributed by atoms with Gasteiger partial charge in [0, 0.05) is 6.42 Å². The van der Waals surface area contributed by atoms with E-state index in [0.29, 0.717) is 17.7 Å². The first-order valence-electron chi connectivity index (χ1n) is 4.63. The molecule has 1 aromatic carbocycles. The van der Waals surface area contributed by atoms with Gasteiger partial charge in [0.15, 0.2) is 0 Å². The zero-order valence-electron chi connectivity index (χ0n) is 8.40. The predicted molar refractivity (Wildman–Crippen MR) is 53.7 cm³/mol. The molecule has 0 aromatic heterocycles. The number of carboxylic acid groups (broad SMARTS) is 1. The van der Waals surface area contributed by atoms with Crippen molar-refractivity contribution in [3.05, 3.63) is 29.8 Å². The molecule has 1 rings (SSSR count). The molecule has 80 valence electrons. The molecule has 0 unspecified atom stereocenters. The van der Waals surface area contributed by atoms with Gasteiger partial charge in [-0.05, 0) is 17.7 Å². The Bertz CT molecular complexity index is 353. The average molecular weight is 208 g/mol. The summed E-state index contributed by atoms with van der Waals surface area (Å²) in [5.41, 5.74) is 0.679. The lowest BCUT2D eigenvalue weighted by Crippen LogP contribution is -2.05. The molecule has 0 spiro atoms. The van der Waals surface area contributed by atoms with E-state index in [-0.39, 0.29) is 12.4 Å². The van der Waals surface area contributed by atoms with E-state index in [9.17, 15) is 9.59 Å². The molecule has 0 saturated carbocycles. The molecule has 0 amide bonds. The minimum atomic E-state index is -0.881. The summed E-state index contributed by atoms with van der Waals surface area (Å²) in [5, 5.41) is 8.53. The van der Waals surface area contributed by atoms with Crippen LogP contribution in [0, 0.1) is 0 Å². The Balaban J connectivity index is 2.64. The smallest absolute Gasteiger partial charge is 0.310 e. The van der Waals surface area contributed by atoms with Gasteiger partial charge >= 0.3 is 11.9 Å². The lowest BCUT2D eigenvalue weighted by Gasteiger charge is -2.03. The van der Waals surface area contributed by atoms with Crippen molar-refractivity contribution in [2.24, 2.45) is 0 Å². The first kappa shape index (κ1) is 11.2. The number of benzene rings is 1. The fourth-order valence-corrected chi connectivity index (χ4v) is 1.05. The van der Waals surface area contributed by atoms with Crippen molar-refractivity contribution in [3.8, 4) is 5.75 Å². The SMILES string of the molecule is CCC(=O)Oc1ccc(CC(=O)O)cc1. The van der Waals surface area contributed by atoms with Crippen LogP contribution in [0.2, 0.25) is 0 Å². The Morgan fingerprint density at radius 1 is 1.27 bits per heavy atom. The fourth-order valence-electron chi connectivity index (χ4n) is 1.05. The number of aliphatic carboxylic acids is 1. The van der Waals surface area contributed by atoms with Crippen molar-refractivity contribution in [1.82, 2.24) is 0 Å². The molecule has 0 fully saturated rings. The Kier molecular flexibility index (Phi) is 3.85. The number of hydrogen-bond acceptors (Lipinski definition) is 3. The number of hydrogen-bond donors (Lipinski definition) is 1. The third kappa shape index (κ3) is 3.81. The van der Waals surface area contributed by atoms with Crippen LogP contribution in [0.15, 0.2) is 24.3 Å². The molecule has 0 heterocycles. The summed E-state index contributed by atoms with van der Waals surface area (Å²) in [4.78, 5) is 21.3. The van der Waals surface area contributed by atoms with Gasteiger partial charge in [0.2, 0.25) is 0 Å². The third-order valence-electron chi connectivity index (χ3n) is 1.80. The number of rotatable bonds is 4. The molecular formula is C11H12O4. The monoisotopic (exact) mass is 208 g/mol. The summed E-state index contributed by atoms with van der Waals surface area (Å²) >= 11 is 0. The zero-order chi connectivity index (χ0) is 11.3. The van der Waals surface area contributed by atoms with E-state index in [4.69, 9.17) is 9.84 Å². The highest BCUT2D eigenvalue weighted by Gasteiger charge is 2.03. The van der Waals surface area contributed by atoms with Gasteiger partial charge in [0.25, 0.3) is 0 Å². The average Bonchev–Trinajstić information content (AvgIpc) is 2.20. The van der Waals surface area contributed by atoms with Gasteiger partial charge in [0.05, 0.1) is 6.42 Å². The van der Waals surface area contributed by atoms with Crippen LogP contribution in [-0.2, 0) is 16.0 Å². The highest BCUT2D eigenvalue weighted by molar-refractivity contribution is 5.72. The first-order chi connectivity index (χ1) is 7.11. The Labute approximate surface area is 87.5 Å². The second-order valence-electron chi connectivity index (χ2n) is 3.04. The molecule has 4 heteroatoms. The second-order valence-corrected chi connectivity index (χ2v) is 3.04. The molecule has 1 N–H and O–H groups in total. The Morgan fingerprint density at radius 2 is 1.87 bits per heavy atom. The molecule has 1 aromatic rings. The number of esters is 1. The fraction of sp³-hybridized carbons (Fsp3) is 0.273. The summed E-state index contributed by atoms with van der Waals surface area (Å²) in [6.07, 6.45) is 0.291. The van der Waals surface area contributed by atoms with Gasteiger partial charge < -0.3 is 9.84 Å². The lowest BCUT2D eigenvalue weighted by atomic mass is 10.1. The summed E-state index contributed by atoms with van der Waals surface area (Å²) in [7, 11) is 0. The van der Waals surface area contributed by atoms with Crippen LogP contribution in [0.3, 0.4) is 0 Å². The normalized spacial score (nSPS) is 9.67. The van der Waals surface area contributed by atoms with Crippen molar-refractivity contribution in [2.45, 2.75) is 19.8 Å². The van der Waals surface area contributed by atoms with Gasteiger partial charge in [-0.1, -0.05) is 19.1 Å². The zero-order valence-corrected chi connectivity index (χ0v) is 8.40.